The van der Waals surface area contributed by atoms with E-state index in [0.717, 1.165) is 51.2 Å². The second-order valence-corrected chi connectivity index (χ2v) is 7.03. The van der Waals surface area contributed by atoms with E-state index in [-0.39, 0.29) is 18.3 Å². The van der Waals surface area contributed by atoms with Crippen molar-refractivity contribution in [2.75, 3.05) is 33.3 Å². The number of carbonyl (C=O) groups excluding carboxylic acids is 1. The number of hydrogen-bond donors (Lipinski definition) is 1. The minimum Gasteiger partial charge on any atom is -0.497 e. The molecule has 134 valence electrons. The predicted octanol–water partition coefficient (Wildman–Crippen LogP) is 2.75. The van der Waals surface area contributed by atoms with Crippen molar-refractivity contribution in [1.82, 2.24) is 10.2 Å². The molecule has 0 aliphatic carbocycles. The Kier molecular flexibility index (Phi) is 6.93. The molecule has 1 unspecified atom stereocenters. The van der Waals surface area contributed by atoms with Crippen LogP contribution in [0, 0.1) is 17.8 Å². The zero-order chi connectivity index (χ0) is 16.2. The van der Waals surface area contributed by atoms with Gasteiger partial charge in [0.1, 0.15) is 5.75 Å². The number of carbonyl (C=O) groups is 1. The van der Waals surface area contributed by atoms with Crippen LogP contribution < -0.4 is 10.1 Å². The lowest BCUT2D eigenvalue weighted by atomic mass is 9.86. The minimum atomic E-state index is 0. The summed E-state index contributed by atoms with van der Waals surface area (Å²) >= 11 is 0. The van der Waals surface area contributed by atoms with Crippen LogP contribution in [0.3, 0.4) is 0 Å². The topological polar surface area (TPSA) is 41.6 Å². The number of hydrogen-bond acceptors (Lipinski definition) is 3. The summed E-state index contributed by atoms with van der Waals surface area (Å²) in [7, 11) is 1.70. The highest BCUT2D eigenvalue weighted by Gasteiger charge is 2.33. The molecule has 2 aliphatic heterocycles. The zero-order valence-electron chi connectivity index (χ0n) is 14.7. The van der Waals surface area contributed by atoms with E-state index in [2.05, 4.69) is 29.3 Å². The highest BCUT2D eigenvalue weighted by molar-refractivity contribution is 5.85. The first-order valence-electron chi connectivity index (χ1n) is 8.80. The maximum atomic E-state index is 12.6. The van der Waals surface area contributed by atoms with Gasteiger partial charge in [-0.15, -0.1) is 12.4 Å². The Bertz CT molecular complexity index is 523. The molecule has 4 nitrogen and oxygen atoms in total. The third-order valence-corrected chi connectivity index (χ3v) is 5.52. The average molecular weight is 353 g/mol. The van der Waals surface area contributed by atoms with E-state index in [1.54, 1.807) is 7.11 Å². The van der Waals surface area contributed by atoms with E-state index < -0.39 is 0 Å². The van der Waals surface area contributed by atoms with Crippen LogP contribution in [0.4, 0.5) is 0 Å². The number of benzene rings is 1. The lowest BCUT2D eigenvalue weighted by Crippen LogP contribution is -2.51. The summed E-state index contributed by atoms with van der Waals surface area (Å²) in [4.78, 5) is 14.6. The zero-order valence-corrected chi connectivity index (χ0v) is 15.5. The Labute approximate surface area is 151 Å². The largest absolute Gasteiger partial charge is 0.497 e. The Morgan fingerprint density at radius 2 is 1.88 bits per heavy atom. The second kappa shape index (κ2) is 8.72. The molecular formula is C19H29ClN2O2. The highest BCUT2D eigenvalue weighted by atomic mass is 35.5. The molecule has 1 N–H and O–H groups in total. The molecule has 0 bridgehead atoms. The van der Waals surface area contributed by atoms with Crippen molar-refractivity contribution >= 4 is 18.3 Å². The molecule has 0 spiro atoms. The van der Waals surface area contributed by atoms with Gasteiger partial charge >= 0.3 is 0 Å². The highest BCUT2D eigenvalue weighted by Crippen LogP contribution is 2.25. The summed E-state index contributed by atoms with van der Waals surface area (Å²) in [6, 6.07) is 8.37. The Morgan fingerprint density at radius 3 is 2.38 bits per heavy atom. The van der Waals surface area contributed by atoms with Gasteiger partial charge in [-0.2, -0.15) is 0 Å². The van der Waals surface area contributed by atoms with Gasteiger partial charge < -0.3 is 15.0 Å². The smallest absolute Gasteiger partial charge is 0.225 e. The molecule has 1 amide bonds. The van der Waals surface area contributed by atoms with Gasteiger partial charge in [0.2, 0.25) is 5.91 Å². The van der Waals surface area contributed by atoms with Crippen molar-refractivity contribution in [3.05, 3.63) is 29.8 Å². The van der Waals surface area contributed by atoms with Gasteiger partial charge in [-0.1, -0.05) is 19.1 Å². The van der Waals surface area contributed by atoms with Crippen LogP contribution in [-0.2, 0) is 11.2 Å². The van der Waals surface area contributed by atoms with Crippen molar-refractivity contribution in [1.29, 1.82) is 0 Å². The number of rotatable bonds is 5. The number of likely N-dealkylation sites (tertiary alicyclic amines) is 1. The molecule has 1 aromatic rings. The number of nitrogens with zero attached hydrogens (tertiary/aromatic N) is 1. The van der Waals surface area contributed by atoms with Gasteiger partial charge in [-0.3, -0.25) is 4.79 Å². The minimum absolute atomic E-state index is 0. The maximum Gasteiger partial charge on any atom is 0.225 e. The van der Waals surface area contributed by atoms with Gasteiger partial charge in [0.15, 0.2) is 0 Å². The van der Waals surface area contributed by atoms with E-state index >= 15 is 0 Å². The van der Waals surface area contributed by atoms with Crippen molar-refractivity contribution in [2.45, 2.75) is 26.2 Å². The van der Waals surface area contributed by atoms with Crippen LogP contribution in [0.1, 0.15) is 25.3 Å². The molecule has 3 rings (SSSR count). The molecule has 5 heteroatoms. The molecular weight excluding hydrogens is 324 g/mol. The number of ether oxygens (including phenoxy) is 1. The van der Waals surface area contributed by atoms with Crippen LogP contribution in [0.25, 0.3) is 0 Å². The van der Waals surface area contributed by atoms with Crippen LogP contribution >= 0.6 is 12.4 Å². The van der Waals surface area contributed by atoms with E-state index in [1.807, 2.05) is 12.1 Å². The van der Waals surface area contributed by atoms with E-state index in [0.29, 0.717) is 17.7 Å². The first kappa shape index (κ1) is 19.1. The quantitative estimate of drug-likeness (QED) is 0.886. The SMILES string of the molecule is COc1ccc(CC2CCN(C(=O)C(C)C3CNC3)CC2)cc1.Cl. The first-order valence-corrected chi connectivity index (χ1v) is 8.80. The summed E-state index contributed by atoms with van der Waals surface area (Å²) in [6.45, 7) is 5.94. The number of methoxy groups -OCH3 is 1. The lowest BCUT2D eigenvalue weighted by molar-refractivity contribution is -0.138. The van der Waals surface area contributed by atoms with Crippen LogP contribution in [0.2, 0.25) is 0 Å². The first-order chi connectivity index (χ1) is 11.2. The number of halogens is 1. The standard InChI is InChI=1S/C19H28N2O2.ClH/c1-14(17-12-20-13-17)19(22)21-9-7-16(8-10-21)11-15-3-5-18(23-2)6-4-15;/h3-6,14,16-17,20H,7-13H2,1-2H3;1H. The van der Waals surface area contributed by atoms with Crippen LogP contribution in [-0.4, -0.2) is 44.1 Å². The van der Waals surface area contributed by atoms with Gasteiger partial charge in [-0.05, 0) is 61.9 Å². The van der Waals surface area contributed by atoms with Crippen LogP contribution in [0.5, 0.6) is 5.75 Å². The Balaban J connectivity index is 0.00000208. The third kappa shape index (κ3) is 4.42. The fourth-order valence-electron chi connectivity index (χ4n) is 3.61. The monoisotopic (exact) mass is 352 g/mol. The van der Waals surface area contributed by atoms with Gasteiger partial charge in [0.05, 0.1) is 7.11 Å². The lowest BCUT2D eigenvalue weighted by Gasteiger charge is -2.38. The van der Waals surface area contributed by atoms with Crippen molar-refractivity contribution in [3.8, 4) is 5.75 Å². The molecule has 2 fully saturated rings. The molecule has 0 radical (unpaired) electrons. The molecule has 0 aromatic heterocycles. The molecule has 2 saturated heterocycles. The van der Waals surface area contributed by atoms with Gasteiger partial charge in [0.25, 0.3) is 0 Å². The number of amides is 1. The summed E-state index contributed by atoms with van der Waals surface area (Å²) in [6.07, 6.45) is 3.34. The van der Waals surface area contributed by atoms with Crippen LogP contribution in [0.15, 0.2) is 24.3 Å². The van der Waals surface area contributed by atoms with Crippen molar-refractivity contribution in [3.63, 3.8) is 0 Å². The van der Waals surface area contributed by atoms with Crippen molar-refractivity contribution < 1.29 is 9.53 Å². The van der Waals surface area contributed by atoms with Gasteiger partial charge in [-0.25, -0.2) is 0 Å². The van der Waals surface area contributed by atoms with E-state index in [4.69, 9.17) is 4.74 Å². The fourth-order valence-corrected chi connectivity index (χ4v) is 3.61. The Hall–Kier alpha value is -1.26. The van der Waals surface area contributed by atoms with E-state index in [1.165, 1.54) is 5.56 Å². The number of piperidine rings is 1. The normalized spacial score (nSPS) is 20.0. The second-order valence-electron chi connectivity index (χ2n) is 7.03. The Morgan fingerprint density at radius 1 is 1.25 bits per heavy atom. The average Bonchev–Trinajstić information content (AvgIpc) is 2.54. The summed E-state index contributed by atoms with van der Waals surface area (Å²) in [5.41, 5.74) is 1.37. The third-order valence-electron chi connectivity index (χ3n) is 5.52. The summed E-state index contributed by atoms with van der Waals surface area (Å²) in [5, 5.41) is 3.26. The molecule has 24 heavy (non-hydrogen) atoms. The molecule has 2 heterocycles. The van der Waals surface area contributed by atoms with Crippen molar-refractivity contribution in [2.24, 2.45) is 17.8 Å². The molecule has 2 aliphatic rings. The number of nitrogens with one attached hydrogen (secondary N) is 1. The molecule has 0 saturated carbocycles. The fraction of sp³-hybridized carbons (Fsp3) is 0.632. The molecule has 1 atom stereocenters. The van der Waals surface area contributed by atoms with Gasteiger partial charge in [0, 0.05) is 19.0 Å². The maximum absolute atomic E-state index is 12.6. The van der Waals surface area contributed by atoms with E-state index in [9.17, 15) is 4.79 Å². The summed E-state index contributed by atoms with van der Waals surface area (Å²) in [5.74, 6) is 2.68. The molecule has 1 aromatic carbocycles. The predicted molar refractivity (Wildman–Crippen MR) is 98.8 cm³/mol. The summed E-state index contributed by atoms with van der Waals surface area (Å²) < 4.78 is 5.21.